The number of thiazole rings is 1. The Kier molecular flexibility index (Phi) is 8.85. The first-order chi connectivity index (χ1) is 17.9. The quantitative estimate of drug-likeness (QED) is 0.375. The van der Waals surface area contributed by atoms with Crippen molar-refractivity contribution in [3.8, 4) is 10.4 Å². The highest BCUT2D eigenvalue weighted by Gasteiger charge is 2.41. The Bertz CT molecular complexity index is 1210. The van der Waals surface area contributed by atoms with E-state index in [2.05, 4.69) is 15.3 Å². The fraction of sp³-hybridized carbons (Fsp3) is 0.583. The molecule has 0 aliphatic carbocycles. The number of nitrogens with zero attached hydrogens (tertiary/aromatic N) is 3. The maximum absolute atomic E-state index is 14.2. The summed E-state index contributed by atoms with van der Waals surface area (Å²) in [6, 6.07) is -1.88. The lowest BCUT2D eigenvalue weighted by Crippen LogP contribution is -2.38. The van der Waals surface area contributed by atoms with Crippen LogP contribution < -0.4 is 10.6 Å². The lowest BCUT2D eigenvalue weighted by atomic mass is 10.1. The highest BCUT2D eigenvalue weighted by atomic mass is 32.1. The minimum absolute atomic E-state index is 0.194. The Morgan fingerprint density at radius 2 is 1.90 bits per heavy atom. The molecule has 2 atom stereocenters. The highest BCUT2D eigenvalue weighted by Crippen LogP contribution is 2.42. The molecule has 0 saturated carbocycles. The molecule has 1 aliphatic rings. The molecule has 2 aromatic rings. The third-order valence-electron chi connectivity index (χ3n) is 6.10. The number of amides is 2. The maximum Gasteiger partial charge on any atom is 0.417 e. The molecule has 216 valence electrons. The van der Waals surface area contributed by atoms with E-state index in [1.54, 1.807) is 6.92 Å². The van der Waals surface area contributed by atoms with Crippen LogP contribution in [-0.4, -0.2) is 68.7 Å². The van der Waals surface area contributed by atoms with Crippen molar-refractivity contribution in [3.63, 3.8) is 0 Å². The summed E-state index contributed by atoms with van der Waals surface area (Å²) >= 11 is 0.526. The van der Waals surface area contributed by atoms with E-state index in [1.165, 1.54) is 25.7 Å². The van der Waals surface area contributed by atoms with Crippen LogP contribution in [0, 0.1) is 0 Å². The standard InChI is InChI=1S/C24H29F6N5O3S/c1-5-15(24(28,29)30)33-16-9-14(23(25,26)27)13(10-31-16)18-17(21(37)35-8-6-7-12(35)2)34-20(39-18)19(36)32-11-22(3,4)38/h9-10,12,15,38H,5-8,11H2,1-4H3,(H,31,33)(H,32,36)/t12-,15-/m0/s1. The molecule has 2 aromatic heterocycles. The van der Waals surface area contributed by atoms with Gasteiger partial charge < -0.3 is 20.6 Å². The molecule has 1 fully saturated rings. The number of likely N-dealkylation sites (tertiary alicyclic amines) is 1. The van der Waals surface area contributed by atoms with Gasteiger partial charge in [-0.1, -0.05) is 6.92 Å². The summed E-state index contributed by atoms with van der Waals surface area (Å²) in [5.74, 6) is -2.14. The van der Waals surface area contributed by atoms with E-state index in [0.29, 0.717) is 36.8 Å². The molecular weight excluding hydrogens is 552 g/mol. The number of hydrogen-bond donors (Lipinski definition) is 3. The topological polar surface area (TPSA) is 107 Å². The second-order valence-corrected chi connectivity index (χ2v) is 10.9. The second-order valence-electron chi connectivity index (χ2n) is 9.94. The van der Waals surface area contributed by atoms with Crippen LogP contribution in [0.4, 0.5) is 32.2 Å². The van der Waals surface area contributed by atoms with Crippen molar-refractivity contribution >= 4 is 29.0 Å². The predicted octanol–water partition coefficient (Wildman–Crippen LogP) is 5.10. The largest absolute Gasteiger partial charge is 0.417 e. The molecule has 15 heteroatoms. The van der Waals surface area contributed by atoms with E-state index < -0.39 is 64.9 Å². The number of pyridine rings is 1. The number of carbonyl (C=O) groups excluding carboxylic acids is 2. The first-order valence-electron chi connectivity index (χ1n) is 12.2. The zero-order valence-corrected chi connectivity index (χ0v) is 22.4. The van der Waals surface area contributed by atoms with Gasteiger partial charge in [-0.2, -0.15) is 26.3 Å². The Balaban J connectivity index is 2.12. The SMILES string of the molecule is CC[C@H](Nc1cc(C(F)(F)F)c(-c2sc(C(=O)NCC(C)(C)O)nc2C(=O)N2CCC[C@@H]2C)cn1)C(F)(F)F. The van der Waals surface area contributed by atoms with Crippen molar-refractivity contribution in [1.29, 1.82) is 0 Å². The maximum atomic E-state index is 14.2. The zero-order valence-electron chi connectivity index (χ0n) is 21.6. The summed E-state index contributed by atoms with van der Waals surface area (Å²) in [6.07, 6.45) is -8.12. The molecule has 3 N–H and O–H groups in total. The summed E-state index contributed by atoms with van der Waals surface area (Å²) in [5.41, 5.74) is -3.62. The zero-order chi connectivity index (χ0) is 29.3. The van der Waals surface area contributed by atoms with Crippen molar-refractivity contribution in [1.82, 2.24) is 20.2 Å². The molecule has 0 radical (unpaired) electrons. The number of anilines is 1. The molecule has 0 spiro atoms. The van der Waals surface area contributed by atoms with Crippen LogP contribution in [0.2, 0.25) is 0 Å². The lowest BCUT2D eigenvalue weighted by molar-refractivity contribution is -0.142. The van der Waals surface area contributed by atoms with Gasteiger partial charge in [0.1, 0.15) is 17.6 Å². The van der Waals surface area contributed by atoms with Crippen molar-refractivity contribution in [2.24, 2.45) is 0 Å². The fourth-order valence-corrected chi connectivity index (χ4v) is 5.03. The van der Waals surface area contributed by atoms with Crippen molar-refractivity contribution in [2.75, 3.05) is 18.4 Å². The van der Waals surface area contributed by atoms with Crippen LogP contribution in [0.5, 0.6) is 0 Å². The monoisotopic (exact) mass is 581 g/mol. The summed E-state index contributed by atoms with van der Waals surface area (Å²) in [6.45, 7) is 6.03. The third-order valence-corrected chi connectivity index (χ3v) is 7.19. The van der Waals surface area contributed by atoms with Gasteiger partial charge in [0.05, 0.1) is 16.0 Å². The minimum Gasteiger partial charge on any atom is -0.389 e. The number of halogens is 6. The minimum atomic E-state index is -5.04. The van der Waals surface area contributed by atoms with E-state index in [0.717, 1.165) is 6.20 Å². The molecule has 39 heavy (non-hydrogen) atoms. The Morgan fingerprint density at radius 3 is 2.41 bits per heavy atom. The summed E-state index contributed by atoms with van der Waals surface area (Å²) < 4.78 is 82.2. The van der Waals surface area contributed by atoms with Gasteiger partial charge in [-0.15, -0.1) is 11.3 Å². The molecule has 0 aromatic carbocycles. The molecular formula is C24H29F6N5O3S. The normalized spacial score (nSPS) is 17.3. The smallest absolute Gasteiger partial charge is 0.389 e. The lowest BCUT2D eigenvalue weighted by Gasteiger charge is -2.22. The van der Waals surface area contributed by atoms with Crippen molar-refractivity contribution < 1.29 is 41.0 Å². The van der Waals surface area contributed by atoms with E-state index in [4.69, 9.17) is 0 Å². The van der Waals surface area contributed by atoms with Gasteiger partial charge in [-0.3, -0.25) is 9.59 Å². The average molecular weight is 582 g/mol. The van der Waals surface area contributed by atoms with Gasteiger partial charge in [0.2, 0.25) is 0 Å². The van der Waals surface area contributed by atoms with E-state index in [-0.39, 0.29) is 22.5 Å². The van der Waals surface area contributed by atoms with E-state index in [1.807, 2.05) is 5.32 Å². The van der Waals surface area contributed by atoms with Gasteiger partial charge >= 0.3 is 12.4 Å². The van der Waals surface area contributed by atoms with E-state index in [9.17, 15) is 41.0 Å². The number of alkyl halides is 6. The van der Waals surface area contributed by atoms with Crippen LogP contribution in [0.1, 0.15) is 72.8 Å². The molecule has 3 rings (SSSR count). The molecule has 1 aliphatic heterocycles. The van der Waals surface area contributed by atoms with Gasteiger partial charge in [-0.25, -0.2) is 9.97 Å². The molecule has 3 heterocycles. The molecule has 0 unspecified atom stereocenters. The molecule has 2 amide bonds. The first kappa shape index (κ1) is 30.6. The number of hydrogen-bond acceptors (Lipinski definition) is 7. The number of carbonyl (C=O) groups is 2. The molecule has 1 saturated heterocycles. The molecule has 0 bridgehead atoms. The van der Waals surface area contributed by atoms with Crippen LogP contribution in [-0.2, 0) is 6.18 Å². The number of aromatic nitrogens is 2. The molecule has 8 nitrogen and oxygen atoms in total. The summed E-state index contributed by atoms with van der Waals surface area (Å²) in [5, 5.41) is 14.0. The van der Waals surface area contributed by atoms with E-state index >= 15 is 0 Å². The van der Waals surface area contributed by atoms with Gasteiger partial charge in [0, 0.05) is 30.9 Å². The Hall–Kier alpha value is -2.94. The van der Waals surface area contributed by atoms with Crippen molar-refractivity contribution in [2.45, 2.75) is 77.0 Å². The fourth-order valence-electron chi connectivity index (χ4n) is 4.03. The predicted molar refractivity (Wildman–Crippen MR) is 132 cm³/mol. The highest BCUT2D eigenvalue weighted by molar-refractivity contribution is 7.17. The summed E-state index contributed by atoms with van der Waals surface area (Å²) in [4.78, 5) is 35.1. The second kappa shape index (κ2) is 11.3. The van der Waals surface area contributed by atoms with Gasteiger partial charge in [0.25, 0.3) is 11.8 Å². The Labute approximate surface area is 224 Å². The Morgan fingerprint density at radius 1 is 1.23 bits per heavy atom. The third kappa shape index (κ3) is 7.38. The van der Waals surface area contributed by atoms with Crippen LogP contribution >= 0.6 is 11.3 Å². The van der Waals surface area contributed by atoms with Crippen molar-refractivity contribution in [3.05, 3.63) is 28.5 Å². The van der Waals surface area contributed by atoms with Crippen LogP contribution in [0.25, 0.3) is 10.4 Å². The van der Waals surface area contributed by atoms with Gasteiger partial charge in [-0.05, 0) is 46.1 Å². The first-order valence-corrected chi connectivity index (χ1v) is 13.0. The summed E-state index contributed by atoms with van der Waals surface area (Å²) in [7, 11) is 0. The average Bonchev–Trinajstić information content (AvgIpc) is 3.45. The number of nitrogens with one attached hydrogen (secondary N) is 2. The number of aliphatic hydroxyl groups is 1. The van der Waals surface area contributed by atoms with Gasteiger partial charge in [0.15, 0.2) is 5.01 Å². The number of rotatable bonds is 8. The van der Waals surface area contributed by atoms with Crippen LogP contribution in [0.3, 0.4) is 0 Å². The van der Waals surface area contributed by atoms with Crippen LogP contribution in [0.15, 0.2) is 12.3 Å².